The first kappa shape index (κ1) is 25.1. The topological polar surface area (TPSA) is 111 Å². The number of rotatable bonds is 9. The van der Waals surface area contributed by atoms with Gasteiger partial charge < -0.3 is 20.3 Å². The summed E-state index contributed by atoms with van der Waals surface area (Å²) in [6, 6.07) is 6.57. The molecular formula is C27H27ClFN5O3. The second-order valence-electron chi connectivity index (χ2n) is 9.38. The smallest absolute Gasteiger partial charge is 0.251 e. The monoisotopic (exact) mass is 523 g/mol. The Balaban J connectivity index is 1.17. The highest BCUT2D eigenvalue weighted by atomic mass is 35.5. The molecule has 1 fully saturated rings. The fraction of sp³-hybridized carbons (Fsp3) is 0.333. The molecule has 1 aliphatic heterocycles. The van der Waals surface area contributed by atoms with Crippen LogP contribution in [0.15, 0.2) is 53.3 Å². The SMILES string of the molecule is O=C(NCc1cc2c(Cl)c[nH]c2cc1F)c1ccnc(CC2=CCC(CN(C(=O)CO)C3CC3)=NC2)c1. The highest BCUT2D eigenvalue weighted by Gasteiger charge is 2.32. The average molecular weight is 524 g/mol. The van der Waals surface area contributed by atoms with Gasteiger partial charge in [0.25, 0.3) is 5.91 Å². The van der Waals surface area contributed by atoms with E-state index in [1.807, 2.05) is 0 Å². The lowest BCUT2D eigenvalue weighted by Gasteiger charge is -2.23. The van der Waals surface area contributed by atoms with E-state index in [-0.39, 0.29) is 24.4 Å². The standard InChI is InChI=1S/C27H27ClFN5O3/c28-23-13-32-25-10-24(29)18(9-22(23)25)12-33-27(37)17-5-6-30-20(8-17)7-16-1-2-19(31-11-16)14-34(21-3-4-21)26(36)15-35/h1,5-6,8-10,13,21,32,35H,2-4,7,11-12,14-15H2,(H,33,37). The zero-order valence-electron chi connectivity index (χ0n) is 20.1. The highest BCUT2D eigenvalue weighted by molar-refractivity contribution is 6.35. The first-order valence-electron chi connectivity index (χ1n) is 12.2. The van der Waals surface area contributed by atoms with Gasteiger partial charge in [0.1, 0.15) is 12.4 Å². The van der Waals surface area contributed by atoms with Crippen molar-refractivity contribution in [1.82, 2.24) is 20.2 Å². The van der Waals surface area contributed by atoms with Gasteiger partial charge in [0, 0.05) is 71.3 Å². The second-order valence-corrected chi connectivity index (χ2v) is 9.79. The minimum absolute atomic E-state index is 0.0269. The van der Waals surface area contributed by atoms with E-state index >= 15 is 0 Å². The van der Waals surface area contributed by atoms with Crippen LogP contribution < -0.4 is 5.32 Å². The molecule has 192 valence electrons. The lowest BCUT2D eigenvalue weighted by molar-refractivity contribution is -0.133. The number of aliphatic hydroxyl groups excluding tert-OH is 1. The molecule has 1 aromatic carbocycles. The molecule has 3 N–H and O–H groups in total. The van der Waals surface area contributed by atoms with Crippen LogP contribution in [0, 0.1) is 5.82 Å². The molecule has 0 saturated heterocycles. The summed E-state index contributed by atoms with van der Waals surface area (Å²) in [7, 11) is 0. The quantitative estimate of drug-likeness (QED) is 0.372. The summed E-state index contributed by atoms with van der Waals surface area (Å²) in [5, 5.41) is 13.2. The van der Waals surface area contributed by atoms with Crippen molar-refractivity contribution in [3.8, 4) is 0 Å². The third kappa shape index (κ3) is 5.89. The van der Waals surface area contributed by atoms with Crippen LogP contribution >= 0.6 is 11.6 Å². The molecule has 5 rings (SSSR count). The minimum Gasteiger partial charge on any atom is -0.387 e. The Bertz CT molecular complexity index is 1410. The van der Waals surface area contributed by atoms with Crippen molar-refractivity contribution in [3.05, 3.63) is 76.0 Å². The Labute approximate surface area is 218 Å². The zero-order valence-corrected chi connectivity index (χ0v) is 20.9. The number of aliphatic hydroxyl groups is 1. The Morgan fingerprint density at radius 3 is 2.84 bits per heavy atom. The number of fused-ring (bicyclic) bond motifs is 1. The summed E-state index contributed by atoms with van der Waals surface area (Å²) in [5.74, 6) is -1.00. The van der Waals surface area contributed by atoms with Crippen molar-refractivity contribution < 1.29 is 19.1 Å². The van der Waals surface area contributed by atoms with Crippen LogP contribution in [-0.4, -0.2) is 63.2 Å². The van der Waals surface area contributed by atoms with Gasteiger partial charge in [-0.1, -0.05) is 17.7 Å². The van der Waals surface area contributed by atoms with Gasteiger partial charge in [-0.3, -0.25) is 19.6 Å². The lowest BCUT2D eigenvalue weighted by atomic mass is 10.0. The molecule has 0 bridgehead atoms. The number of H-pyrrole nitrogens is 1. The number of benzene rings is 1. The molecule has 2 aliphatic rings. The molecule has 2 amide bonds. The third-order valence-electron chi connectivity index (χ3n) is 6.65. The van der Waals surface area contributed by atoms with Crippen molar-refractivity contribution in [2.24, 2.45) is 4.99 Å². The third-order valence-corrected chi connectivity index (χ3v) is 6.97. The number of nitrogens with one attached hydrogen (secondary N) is 2. The largest absolute Gasteiger partial charge is 0.387 e. The Morgan fingerprint density at radius 2 is 2.11 bits per heavy atom. The average Bonchev–Trinajstić information content (AvgIpc) is 3.69. The molecule has 10 heteroatoms. The molecule has 3 heterocycles. The zero-order chi connectivity index (χ0) is 25.9. The van der Waals surface area contributed by atoms with E-state index in [0.717, 1.165) is 29.8 Å². The van der Waals surface area contributed by atoms with Crippen molar-refractivity contribution >= 4 is 40.0 Å². The number of aromatic amines is 1. The van der Waals surface area contributed by atoms with E-state index in [1.54, 1.807) is 35.5 Å². The predicted molar refractivity (Wildman–Crippen MR) is 139 cm³/mol. The van der Waals surface area contributed by atoms with Crippen LogP contribution in [0.4, 0.5) is 4.39 Å². The van der Waals surface area contributed by atoms with Gasteiger partial charge in [0.15, 0.2) is 0 Å². The van der Waals surface area contributed by atoms with Crippen LogP contribution in [0.1, 0.15) is 40.9 Å². The molecule has 0 atom stereocenters. The van der Waals surface area contributed by atoms with Gasteiger partial charge >= 0.3 is 0 Å². The molecule has 8 nitrogen and oxygen atoms in total. The lowest BCUT2D eigenvalue weighted by Crippen LogP contribution is -2.39. The number of nitrogens with zero attached hydrogens (tertiary/aromatic N) is 3. The first-order valence-corrected chi connectivity index (χ1v) is 12.6. The molecule has 1 saturated carbocycles. The molecule has 0 radical (unpaired) electrons. The maximum atomic E-state index is 14.4. The van der Waals surface area contributed by atoms with Crippen molar-refractivity contribution in [2.75, 3.05) is 19.7 Å². The number of allylic oxidation sites excluding steroid dienone is 1. The van der Waals surface area contributed by atoms with Gasteiger partial charge in [-0.05, 0) is 42.7 Å². The molecular weight excluding hydrogens is 497 g/mol. The van der Waals surface area contributed by atoms with E-state index in [2.05, 4.69) is 26.4 Å². The van der Waals surface area contributed by atoms with E-state index < -0.39 is 12.4 Å². The van der Waals surface area contributed by atoms with Crippen molar-refractivity contribution in [2.45, 2.75) is 38.3 Å². The number of pyridine rings is 1. The maximum absolute atomic E-state index is 14.4. The van der Waals surface area contributed by atoms with Crippen LogP contribution in [0.3, 0.4) is 0 Å². The second kappa shape index (κ2) is 10.8. The van der Waals surface area contributed by atoms with Crippen molar-refractivity contribution in [1.29, 1.82) is 0 Å². The Morgan fingerprint density at radius 1 is 1.27 bits per heavy atom. The molecule has 0 spiro atoms. The number of halogens is 2. The fourth-order valence-corrected chi connectivity index (χ4v) is 4.67. The summed E-state index contributed by atoms with van der Waals surface area (Å²) in [6.45, 7) is 0.499. The van der Waals surface area contributed by atoms with Gasteiger partial charge in [-0.2, -0.15) is 0 Å². The Hall–Kier alpha value is -3.56. The summed E-state index contributed by atoms with van der Waals surface area (Å²) in [4.78, 5) is 38.4. The normalized spacial score (nSPS) is 15.3. The molecule has 2 aromatic heterocycles. The molecule has 0 unspecified atom stereocenters. The van der Waals surface area contributed by atoms with E-state index in [9.17, 15) is 19.1 Å². The molecule has 1 aliphatic carbocycles. The van der Waals surface area contributed by atoms with Gasteiger partial charge in [-0.25, -0.2) is 4.39 Å². The van der Waals surface area contributed by atoms with Crippen LogP contribution in [0.2, 0.25) is 5.02 Å². The van der Waals surface area contributed by atoms with E-state index in [0.29, 0.717) is 53.0 Å². The number of hydrogen-bond acceptors (Lipinski definition) is 5. The minimum atomic E-state index is -0.480. The number of amides is 2. The van der Waals surface area contributed by atoms with Gasteiger partial charge in [0.2, 0.25) is 5.91 Å². The number of hydrogen-bond donors (Lipinski definition) is 3. The maximum Gasteiger partial charge on any atom is 0.251 e. The number of carbonyl (C=O) groups excluding carboxylic acids is 2. The summed E-state index contributed by atoms with van der Waals surface area (Å²) in [5.41, 5.74) is 4.12. The van der Waals surface area contributed by atoms with Gasteiger partial charge in [0.05, 0.1) is 18.1 Å². The van der Waals surface area contributed by atoms with E-state index in [1.165, 1.54) is 6.07 Å². The highest BCUT2D eigenvalue weighted by Crippen LogP contribution is 2.28. The van der Waals surface area contributed by atoms with E-state index in [4.69, 9.17) is 11.6 Å². The summed E-state index contributed by atoms with van der Waals surface area (Å²) < 4.78 is 14.4. The predicted octanol–water partition coefficient (Wildman–Crippen LogP) is 3.58. The summed E-state index contributed by atoms with van der Waals surface area (Å²) in [6.07, 6.45) is 8.41. The summed E-state index contributed by atoms with van der Waals surface area (Å²) >= 11 is 6.13. The first-order chi connectivity index (χ1) is 17.9. The molecule has 37 heavy (non-hydrogen) atoms. The Kier molecular flexibility index (Phi) is 7.34. The number of dihydropyridines is 1. The number of aliphatic imine (C=N–C) groups is 1. The van der Waals surface area contributed by atoms with Gasteiger partial charge in [-0.15, -0.1) is 0 Å². The van der Waals surface area contributed by atoms with Crippen LogP contribution in [0.5, 0.6) is 0 Å². The fourth-order valence-electron chi connectivity index (χ4n) is 4.46. The number of carbonyl (C=O) groups is 2. The van der Waals surface area contributed by atoms with Crippen LogP contribution in [-0.2, 0) is 17.8 Å². The van der Waals surface area contributed by atoms with Crippen LogP contribution in [0.25, 0.3) is 10.9 Å². The number of aromatic nitrogens is 2. The van der Waals surface area contributed by atoms with Crippen molar-refractivity contribution in [3.63, 3.8) is 0 Å². The molecule has 3 aromatic rings.